The highest BCUT2D eigenvalue weighted by Gasteiger charge is 2.15. The van der Waals surface area contributed by atoms with Gasteiger partial charge in [-0.2, -0.15) is 17.0 Å². The molecule has 35 heavy (non-hydrogen) atoms. The molecule has 1 saturated heterocycles. The summed E-state index contributed by atoms with van der Waals surface area (Å²) in [7, 11) is 1.50. The fourth-order valence-electron chi connectivity index (χ4n) is 3.69. The van der Waals surface area contributed by atoms with Crippen molar-refractivity contribution >= 4 is 57.2 Å². The van der Waals surface area contributed by atoms with E-state index < -0.39 is 5.82 Å². The third-order valence-corrected chi connectivity index (χ3v) is 6.73. The Bertz CT molecular complexity index is 1320. The van der Waals surface area contributed by atoms with Crippen LogP contribution in [-0.2, 0) is 4.79 Å². The molecule has 2 heterocycles. The number of thioether (sulfide) groups is 1. The molecule has 10 heteroatoms. The van der Waals surface area contributed by atoms with Gasteiger partial charge in [0.05, 0.1) is 34.6 Å². The van der Waals surface area contributed by atoms with Gasteiger partial charge in [0.25, 0.3) is 0 Å². The number of anilines is 3. The van der Waals surface area contributed by atoms with Crippen LogP contribution >= 0.6 is 23.4 Å². The molecule has 2 N–H and O–H groups in total. The van der Waals surface area contributed by atoms with Crippen molar-refractivity contribution in [2.24, 2.45) is 0 Å². The number of carbonyl (C=O) groups excluding carboxylic acids is 1. The largest absolute Gasteiger partial charge is 0.494 e. The van der Waals surface area contributed by atoms with Crippen molar-refractivity contribution in [3.05, 3.63) is 65.1 Å². The maximum Gasteiger partial charge on any atom is 0.248 e. The minimum atomic E-state index is -0.542. The van der Waals surface area contributed by atoms with Gasteiger partial charge in [0.1, 0.15) is 17.6 Å². The highest BCUT2D eigenvalue weighted by molar-refractivity contribution is 7.99. The summed E-state index contributed by atoms with van der Waals surface area (Å²) in [5, 5.41) is 16.2. The number of halogens is 2. The van der Waals surface area contributed by atoms with Gasteiger partial charge < -0.3 is 15.4 Å². The second-order valence-corrected chi connectivity index (χ2v) is 9.42. The Kier molecular flexibility index (Phi) is 8.08. The molecule has 7 nitrogen and oxygen atoms in total. The van der Waals surface area contributed by atoms with E-state index in [1.807, 2.05) is 17.8 Å². The standard InChI is InChI=1S/C25H23ClFN5O2S/c1-34-23-13-21-18(12-22(23)31-24(33)3-2-6-32-7-9-35-10-8-32)25(16(14-28)15-29-21)30-17-4-5-20(27)19(26)11-17/h2-5,11-13,15H,6-10H2,1H3,(H,29,30)(H,31,33)/b3-2+. The SMILES string of the molecule is COc1cc2ncc(C#N)c(Nc3ccc(F)c(Cl)c3)c2cc1NC(=O)/C=C/CN1CCSCC1. The van der Waals surface area contributed by atoms with Gasteiger partial charge in [-0.05, 0) is 24.3 Å². The quantitative estimate of drug-likeness (QED) is 0.421. The lowest BCUT2D eigenvalue weighted by Gasteiger charge is -2.24. The van der Waals surface area contributed by atoms with Gasteiger partial charge in [-0.3, -0.25) is 14.7 Å². The summed E-state index contributed by atoms with van der Waals surface area (Å²) in [6, 6.07) is 9.69. The van der Waals surface area contributed by atoms with Crippen LogP contribution in [0.15, 0.2) is 48.7 Å². The number of nitrogens with one attached hydrogen (secondary N) is 2. The van der Waals surface area contributed by atoms with E-state index in [0.717, 1.165) is 24.6 Å². The van der Waals surface area contributed by atoms with Gasteiger partial charge in [0.2, 0.25) is 5.91 Å². The third kappa shape index (κ3) is 6.03. The number of rotatable bonds is 7. The summed E-state index contributed by atoms with van der Waals surface area (Å²) in [4.78, 5) is 19.3. The second kappa shape index (κ2) is 11.4. The molecule has 1 amide bonds. The zero-order valence-electron chi connectivity index (χ0n) is 19.0. The van der Waals surface area contributed by atoms with Crippen LogP contribution in [0, 0.1) is 17.1 Å². The van der Waals surface area contributed by atoms with Crippen molar-refractivity contribution in [3.63, 3.8) is 0 Å². The molecular weight excluding hydrogens is 489 g/mol. The maximum atomic E-state index is 13.6. The van der Waals surface area contributed by atoms with Crippen LogP contribution in [0.2, 0.25) is 5.02 Å². The molecule has 1 aliphatic rings. The number of carbonyl (C=O) groups is 1. The van der Waals surface area contributed by atoms with Crippen molar-refractivity contribution < 1.29 is 13.9 Å². The molecule has 0 radical (unpaired) electrons. The number of ether oxygens (including phenoxy) is 1. The van der Waals surface area contributed by atoms with E-state index in [1.165, 1.54) is 37.6 Å². The number of amides is 1. The lowest BCUT2D eigenvalue weighted by molar-refractivity contribution is -0.111. The molecule has 4 rings (SSSR count). The minimum absolute atomic E-state index is 0.0448. The van der Waals surface area contributed by atoms with Crippen molar-refractivity contribution in [1.29, 1.82) is 5.26 Å². The number of aromatic nitrogens is 1. The molecule has 2 aromatic carbocycles. The monoisotopic (exact) mass is 511 g/mol. The van der Waals surface area contributed by atoms with Gasteiger partial charge in [0, 0.05) is 60.6 Å². The lowest BCUT2D eigenvalue weighted by Crippen LogP contribution is -2.32. The number of fused-ring (bicyclic) bond motifs is 1. The molecule has 0 atom stereocenters. The Morgan fingerprint density at radius 1 is 1.34 bits per heavy atom. The van der Waals surface area contributed by atoms with Crippen LogP contribution in [0.3, 0.4) is 0 Å². The molecule has 3 aromatic rings. The highest BCUT2D eigenvalue weighted by atomic mass is 35.5. The fraction of sp³-hybridized carbons (Fsp3) is 0.240. The first-order valence-corrected chi connectivity index (χ1v) is 12.4. The smallest absolute Gasteiger partial charge is 0.248 e. The topological polar surface area (TPSA) is 90.3 Å². The maximum absolute atomic E-state index is 13.6. The second-order valence-electron chi connectivity index (χ2n) is 7.79. The average molecular weight is 512 g/mol. The van der Waals surface area contributed by atoms with Crippen LogP contribution in [0.5, 0.6) is 5.75 Å². The summed E-state index contributed by atoms with van der Waals surface area (Å²) < 4.78 is 19.1. The minimum Gasteiger partial charge on any atom is -0.494 e. The third-order valence-electron chi connectivity index (χ3n) is 5.49. The number of hydrogen-bond acceptors (Lipinski definition) is 7. The van der Waals surface area contributed by atoms with Gasteiger partial charge in [0.15, 0.2) is 0 Å². The summed E-state index contributed by atoms with van der Waals surface area (Å²) in [5.41, 5.74) is 2.21. The molecule has 180 valence electrons. The van der Waals surface area contributed by atoms with E-state index >= 15 is 0 Å². The van der Waals surface area contributed by atoms with Crippen LogP contribution in [-0.4, -0.2) is 54.0 Å². The van der Waals surface area contributed by atoms with E-state index in [1.54, 1.807) is 12.1 Å². The first-order chi connectivity index (χ1) is 17.0. The van der Waals surface area contributed by atoms with Crippen molar-refractivity contribution in [2.45, 2.75) is 0 Å². The Balaban J connectivity index is 1.63. The Morgan fingerprint density at radius 3 is 2.86 bits per heavy atom. The van der Waals surface area contributed by atoms with Crippen molar-refractivity contribution in [3.8, 4) is 11.8 Å². The van der Waals surface area contributed by atoms with E-state index in [4.69, 9.17) is 16.3 Å². The van der Waals surface area contributed by atoms with Gasteiger partial charge in [-0.1, -0.05) is 17.7 Å². The highest BCUT2D eigenvalue weighted by Crippen LogP contribution is 2.36. The Morgan fingerprint density at radius 2 is 2.14 bits per heavy atom. The van der Waals surface area contributed by atoms with Crippen LogP contribution in [0.4, 0.5) is 21.5 Å². The first-order valence-electron chi connectivity index (χ1n) is 10.9. The fourth-order valence-corrected chi connectivity index (χ4v) is 4.85. The lowest BCUT2D eigenvalue weighted by atomic mass is 10.1. The van der Waals surface area contributed by atoms with Crippen LogP contribution in [0.1, 0.15) is 5.56 Å². The van der Waals surface area contributed by atoms with Gasteiger partial charge >= 0.3 is 0 Å². The van der Waals surface area contributed by atoms with Gasteiger partial charge in [-0.15, -0.1) is 0 Å². The molecule has 1 fully saturated rings. The molecule has 1 aliphatic heterocycles. The van der Waals surface area contributed by atoms with Crippen molar-refractivity contribution in [2.75, 3.05) is 48.9 Å². The summed E-state index contributed by atoms with van der Waals surface area (Å²) in [5.74, 6) is 1.80. The molecule has 0 bridgehead atoms. The summed E-state index contributed by atoms with van der Waals surface area (Å²) >= 11 is 7.86. The zero-order valence-corrected chi connectivity index (χ0v) is 20.5. The number of nitriles is 1. The van der Waals surface area contributed by atoms with E-state index in [0.29, 0.717) is 40.3 Å². The molecule has 1 aromatic heterocycles. The summed E-state index contributed by atoms with van der Waals surface area (Å²) in [6.07, 6.45) is 4.80. The molecule has 0 unspecified atom stereocenters. The predicted octanol–water partition coefficient (Wildman–Crippen LogP) is 5.19. The Hall–Kier alpha value is -3.32. The number of pyridine rings is 1. The van der Waals surface area contributed by atoms with E-state index in [9.17, 15) is 14.4 Å². The average Bonchev–Trinajstić information content (AvgIpc) is 2.87. The first kappa shape index (κ1) is 24.8. The number of methoxy groups -OCH3 is 1. The van der Waals surface area contributed by atoms with Crippen LogP contribution < -0.4 is 15.4 Å². The van der Waals surface area contributed by atoms with Gasteiger partial charge in [-0.25, -0.2) is 4.39 Å². The van der Waals surface area contributed by atoms with E-state index in [2.05, 4.69) is 26.6 Å². The molecule has 0 saturated carbocycles. The molecule has 0 spiro atoms. The molecule has 0 aliphatic carbocycles. The number of nitrogens with zero attached hydrogens (tertiary/aromatic N) is 3. The Labute approximate surface area is 211 Å². The van der Waals surface area contributed by atoms with Crippen molar-refractivity contribution in [1.82, 2.24) is 9.88 Å². The van der Waals surface area contributed by atoms with E-state index in [-0.39, 0.29) is 16.5 Å². The number of benzene rings is 2. The summed E-state index contributed by atoms with van der Waals surface area (Å²) in [6.45, 7) is 2.74. The predicted molar refractivity (Wildman–Crippen MR) is 139 cm³/mol. The normalized spacial score (nSPS) is 14.1. The zero-order chi connectivity index (χ0) is 24.8. The molecular formula is C25H23ClFN5O2S. The van der Waals surface area contributed by atoms with Crippen LogP contribution in [0.25, 0.3) is 10.9 Å². The number of hydrogen-bond donors (Lipinski definition) is 2.